The van der Waals surface area contributed by atoms with Gasteiger partial charge in [-0.1, -0.05) is 35.9 Å². The first-order valence-electron chi connectivity index (χ1n) is 10.1. The zero-order valence-electron chi connectivity index (χ0n) is 17.7. The Bertz CT molecular complexity index is 1130. The number of fused-ring (bicyclic) bond motifs is 1. The standard InChI is InChI=1S/C24H23ClN2O4S/c1-30-13-12-27-22(19-10-11-20(25)32-19)21(17-8-3-4-9-18(17)24(27)29)23(28)26-15-6-5-7-16(14-15)31-2/h3-11,14,21-22H,12-13H2,1-2H3,(H,26,28). The van der Waals surface area contributed by atoms with Gasteiger partial charge in [-0.05, 0) is 35.9 Å². The third kappa shape index (κ3) is 4.37. The summed E-state index contributed by atoms with van der Waals surface area (Å²) in [4.78, 5) is 29.7. The number of thiophene rings is 1. The molecule has 8 heteroatoms. The molecule has 4 rings (SSSR count). The van der Waals surface area contributed by atoms with Crippen LogP contribution < -0.4 is 10.1 Å². The zero-order chi connectivity index (χ0) is 22.7. The van der Waals surface area contributed by atoms with Gasteiger partial charge in [0.1, 0.15) is 5.75 Å². The maximum atomic E-state index is 13.7. The van der Waals surface area contributed by atoms with Gasteiger partial charge in [-0.15, -0.1) is 11.3 Å². The molecule has 2 heterocycles. The number of halogens is 1. The molecule has 0 radical (unpaired) electrons. The highest BCUT2D eigenvalue weighted by atomic mass is 35.5. The normalized spacial score (nSPS) is 17.7. The van der Waals surface area contributed by atoms with E-state index in [1.54, 1.807) is 43.4 Å². The number of benzene rings is 2. The Hall–Kier alpha value is -2.87. The number of nitrogens with zero attached hydrogens (tertiary/aromatic N) is 1. The van der Waals surface area contributed by atoms with Crippen LogP contribution in [-0.4, -0.2) is 44.1 Å². The molecule has 1 aliphatic rings. The van der Waals surface area contributed by atoms with Crippen LogP contribution in [0, 0.1) is 0 Å². The Morgan fingerprint density at radius 1 is 1.12 bits per heavy atom. The van der Waals surface area contributed by atoms with Crippen LogP contribution in [0.25, 0.3) is 0 Å². The predicted molar refractivity (Wildman–Crippen MR) is 126 cm³/mol. The molecule has 6 nitrogen and oxygen atoms in total. The molecule has 0 saturated heterocycles. The molecular weight excluding hydrogens is 448 g/mol. The molecule has 0 bridgehead atoms. The molecule has 0 saturated carbocycles. The fourth-order valence-electron chi connectivity index (χ4n) is 4.03. The minimum absolute atomic E-state index is 0.127. The van der Waals surface area contributed by atoms with Gasteiger partial charge in [0, 0.05) is 35.8 Å². The van der Waals surface area contributed by atoms with Crippen molar-refractivity contribution in [2.75, 3.05) is 32.7 Å². The van der Waals surface area contributed by atoms with Crippen LogP contribution in [0.5, 0.6) is 5.75 Å². The summed E-state index contributed by atoms with van der Waals surface area (Å²) in [5, 5.41) is 3.01. The summed E-state index contributed by atoms with van der Waals surface area (Å²) in [5.74, 6) is -0.320. The molecule has 0 spiro atoms. The lowest BCUT2D eigenvalue weighted by atomic mass is 9.81. The molecule has 166 valence electrons. The number of carbonyl (C=O) groups excluding carboxylic acids is 2. The number of methoxy groups -OCH3 is 2. The SMILES string of the molecule is COCCN1C(=O)c2ccccc2C(C(=O)Nc2cccc(OC)c2)C1c1ccc(Cl)s1. The van der Waals surface area contributed by atoms with Crippen molar-refractivity contribution < 1.29 is 19.1 Å². The minimum Gasteiger partial charge on any atom is -0.497 e. The topological polar surface area (TPSA) is 67.9 Å². The fraction of sp³-hybridized carbons (Fsp3) is 0.250. The van der Waals surface area contributed by atoms with Gasteiger partial charge < -0.3 is 19.7 Å². The second-order valence-corrected chi connectivity index (χ2v) is 9.11. The predicted octanol–water partition coefficient (Wildman–Crippen LogP) is 4.98. The van der Waals surface area contributed by atoms with Gasteiger partial charge in [0.2, 0.25) is 5.91 Å². The van der Waals surface area contributed by atoms with Crippen molar-refractivity contribution in [3.8, 4) is 5.75 Å². The third-order valence-electron chi connectivity index (χ3n) is 5.48. The summed E-state index contributed by atoms with van der Waals surface area (Å²) >= 11 is 7.61. The quantitative estimate of drug-likeness (QED) is 0.529. The molecular formula is C24H23ClN2O4S. The van der Waals surface area contributed by atoms with Gasteiger partial charge in [-0.25, -0.2) is 0 Å². The highest BCUT2D eigenvalue weighted by Gasteiger charge is 2.44. The van der Waals surface area contributed by atoms with E-state index in [-0.39, 0.29) is 11.8 Å². The van der Waals surface area contributed by atoms with Crippen molar-refractivity contribution in [1.29, 1.82) is 0 Å². The lowest BCUT2D eigenvalue weighted by molar-refractivity contribution is -0.119. The van der Waals surface area contributed by atoms with Crippen molar-refractivity contribution in [2.24, 2.45) is 0 Å². The first kappa shape index (κ1) is 22.3. The average Bonchev–Trinajstić information content (AvgIpc) is 3.24. The number of nitrogens with one attached hydrogen (secondary N) is 1. The molecule has 0 fully saturated rings. The fourth-order valence-corrected chi connectivity index (χ4v) is 5.25. The van der Waals surface area contributed by atoms with Crippen LogP contribution in [0.3, 0.4) is 0 Å². The van der Waals surface area contributed by atoms with E-state index in [9.17, 15) is 9.59 Å². The van der Waals surface area contributed by atoms with Crippen molar-refractivity contribution in [3.05, 3.63) is 81.0 Å². The van der Waals surface area contributed by atoms with E-state index in [0.717, 1.165) is 4.88 Å². The minimum atomic E-state index is -0.623. The highest BCUT2D eigenvalue weighted by Crippen LogP contribution is 2.45. The van der Waals surface area contributed by atoms with Crippen molar-refractivity contribution in [3.63, 3.8) is 0 Å². The molecule has 2 amide bonds. The second-order valence-electron chi connectivity index (χ2n) is 7.36. The van der Waals surface area contributed by atoms with Gasteiger partial charge in [0.05, 0.1) is 30.0 Å². The monoisotopic (exact) mass is 470 g/mol. The van der Waals surface area contributed by atoms with Gasteiger partial charge >= 0.3 is 0 Å². The lowest BCUT2D eigenvalue weighted by Crippen LogP contribution is -2.47. The van der Waals surface area contributed by atoms with Crippen molar-refractivity contribution in [2.45, 2.75) is 12.0 Å². The molecule has 3 aromatic rings. The summed E-state index contributed by atoms with van der Waals surface area (Å²) in [6.45, 7) is 0.709. The Balaban J connectivity index is 1.80. The Labute approximate surface area is 195 Å². The van der Waals surface area contributed by atoms with Gasteiger partial charge in [-0.3, -0.25) is 9.59 Å². The molecule has 32 heavy (non-hydrogen) atoms. The number of ether oxygens (including phenoxy) is 2. The van der Waals surface area contributed by atoms with E-state index < -0.39 is 12.0 Å². The third-order valence-corrected chi connectivity index (χ3v) is 6.78. The molecule has 1 aromatic heterocycles. The van der Waals surface area contributed by atoms with Crippen LogP contribution in [0.15, 0.2) is 60.7 Å². The summed E-state index contributed by atoms with van der Waals surface area (Å²) in [6.07, 6.45) is 0. The van der Waals surface area contributed by atoms with E-state index in [1.165, 1.54) is 11.3 Å². The van der Waals surface area contributed by atoms with Gasteiger partial charge in [0.25, 0.3) is 5.91 Å². The Kier molecular flexibility index (Phi) is 6.79. The number of hydrogen-bond acceptors (Lipinski definition) is 5. The molecule has 2 atom stereocenters. The molecule has 0 aliphatic carbocycles. The van der Waals surface area contributed by atoms with Gasteiger partial charge in [0.15, 0.2) is 0 Å². The number of amides is 2. The summed E-state index contributed by atoms with van der Waals surface area (Å²) in [5.41, 5.74) is 1.84. The van der Waals surface area contributed by atoms with Crippen molar-refractivity contribution in [1.82, 2.24) is 4.90 Å². The first-order chi connectivity index (χ1) is 15.5. The maximum Gasteiger partial charge on any atom is 0.254 e. The summed E-state index contributed by atoms with van der Waals surface area (Å²) < 4.78 is 11.1. The molecule has 2 unspecified atom stereocenters. The lowest BCUT2D eigenvalue weighted by Gasteiger charge is -2.41. The Morgan fingerprint density at radius 3 is 2.66 bits per heavy atom. The Morgan fingerprint density at radius 2 is 1.94 bits per heavy atom. The highest BCUT2D eigenvalue weighted by molar-refractivity contribution is 7.16. The molecule has 1 aliphatic heterocycles. The van der Waals surface area contributed by atoms with Crippen molar-refractivity contribution >= 4 is 40.4 Å². The van der Waals surface area contributed by atoms with Crippen LogP contribution in [0.1, 0.15) is 32.8 Å². The first-order valence-corrected chi connectivity index (χ1v) is 11.3. The number of carbonyl (C=O) groups is 2. The second kappa shape index (κ2) is 9.73. The van der Waals surface area contributed by atoms with E-state index in [4.69, 9.17) is 21.1 Å². The van der Waals surface area contributed by atoms with E-state index >= 15 is 0 Å². The van der Waals surface area contributed by atoms with Crippen LogP contribution in [-0.2, 0) is 9.53 Å². The van der Waals surface area contributed by atoms with E-state index in [2.05, 4.69) is 5.32 Å². The summed E-state index contributed by atoms with van der Waals surface area (Å²) in [7, 11) is 3.17. The largest absolute Gasteiger partial charge is 0.497 e. The van der Waals surface area contributed by atoms with E-state index in [0.29, 0.717) is 40.1 Å². The zero-order valence-corrected chi connectivity index (χ0v) is 19.3. The maximum absolute atomic E-state index is 13.7. The number of anilines is 1. The smallest absolute Gasteiger partial charge is 0.254 e. The number of hydrogen-bond donors (Lipinski definition) is 1. The summed E-state index contributed by atoms with van der Waals surface area (Å²) in [6, 6.07) is 17.6. The van der Waals surface area contributed by atoms with Crippen LogP contribution >= 0.6 is 22.9 Å². The van der Waals surface area contributed by atoms with Crippen LogP contribution in [0.2, 0.25) is 4.34 Å². The molecule has 1 N–H and O–H groups in total. The molecule has 2 aromatic carbocycles. The van der Waals surface area contributed by atoms with E-state index in [1.807, 2.05) is 36.4 Å². The average molecular weight is 471 g/mol. The van der Waals surface area contributed by atoms with Crippen LogP contribution in [0.4, 0.5) is 5.69 Å². The van der Waals surface area contributed by atoms with Gasteiger partial charge in [-0.2, -0.15) is 0 Å². The number of rotatable bonds is 7.